The maximum Gasteiger partial charge on any atom is 0.264 e. The third-order valence-electron chi connectivity index (χ3n) is 6.30. The van der Waals surface area contributed by atoms with Crippen LogP contribution in [-0.4, -0.2) is 44.3 Å². The minimum absolute atomic E-state index is 0.00318. The summed E-state index contributed by atoms with van der Waals surface area (Å²) >= 11 is 12.5. The molecule has 0 saturated carbocycles. The second-order valence-electron chi connectivity index (χ2n) is 9.24. The van der Waals surface area contributed by atoms with Crippen LogP contribution in [-0.2, 0) is 26.2 Å². The third kappa shape index (κ3) is 7.53. The summed E-state index contributed by atoms with van der Waals surface area (Å²) in [5.74, 6) is -0.878. The number of nitrogens with zero attached hydrogens (tertiary/aromatic N) is 2. The topological polar surface area (TPSA) is 86.8 Å². The second kappa shape index (κ2) is 13.3. The number of aryl methyl sites for hydroxylation is 2. The minimum Gasteiger partial charge on any atom is -0.355 e. The minimum atomic E-state index is -4.12. The van der Waals surface area contributed by atoms with Crippen LogP contribution in [0.5, 0.6) is 0 Å². The number of hydrogen-bond acceptors (Lipinski definition) is 4. The molecule has 3 aromatic rings. The molecule has 0 unspecified atom stereocenters. The molecule has 0 radical (unpaired) electrons. The highest BCUT2D eigenvalue weighted by Gasteiger charge is 2.33. The first-order valence-electron chi connectivity index (χ1n) is 12.6. The molecule has 3 rings (SSSR count). The fourth-order valence-corrected chi connectivity index (χ4v) is 6.00. The summed E-state index contributed by atoms with van der Waals surface area (Å²) in [5, 5.41) is 3.55. The molecule has 0 aliphatic heterocycles. The lowest BCUT2D eigenvalue weighted by Crippen LogP contribution is -2.52. The first-order valence-corrected chi connectivity index (χ1v) is 14.8. The van der Waals surface area contributed by atoms with Gasteiger partial charge in [-0.1, -0.05) is 71.6 Å². The van der Waals surface area contributed by atoms with E-state index in [9.17, 15) is 18.0 Å². The Morgan fingerprint density at radius 2 is 1.49 bits per heavy atom. The number of sulfonamides is 1. The average molecular weight is 591 g/mol. The Morgan fingerprint density at radius 3 is 2.03 bits per heavy atom. The molecule has 2 amide bonds. The summed E-state index contributed by atoms with van der Waals surface area (Å²) in [4.78, 5) is 28.4. The van der Waals surface area contributed by atoms with Gasteiger partial charge in [0, 0.05) is 23.1 Å². The van der Waals surface area contributed by atoms with E-state index in [2.05, 4.69) is 5.32 Å². The summed E-state index contributed by atoms with van der Waals surface area (Å²) in [6, 6.07) is 17.4. The smallest absolute Gasteiger partial charge is 0.264 e. The van der Waals surface area contributed by atoms with E-state index in [0.29, 0.717) is 34.3 Å². The lowest BCUT2D eigenvalue weighted by atomic mass is 10.1. The van der Waals surface area contributed by atoms with Gasteiger partial charge in [0.25, 0.3) is 10.0 Å². The van der Waals surface area contributed by atoms with E-state index >= 15 is 0 Å². The first-order chi connectivity index (χ1) is 18.5. The van der Waals surface area contributed by atoms with Crippen molar-refractivity contribution in [3.05, 3.63) is 93.5 Å². The van der Waals surface area contributed by atoms with Gasteiger partial charge in [0.15, 0.2) is 0 Å². The van der Waals surface area contributed by atoms with E-state index in [-0.39, 0.29) is 17.3 Å². The molecule has 0 fully saturated rings. The SMILES string of the molecule is CCNC(=O)[C@@H](CC)N(Cc1ccc(Cl)cc1Cl)C(=O)CN(c1ccc(C)cc1)S(=O)(=O)c1ccc(C)cc1. The van der Waals surface area contributed by atoms with Crippen molar-refractivity contribution in [3.8, 4) is 0 Å². The first kappa shape index (κ1) is 30.5. The zero-order chi connectivity index (χ0) is 28.7. The van der Waals surface area contributed by atoms with Gasteiger partial charge in [-0.25, -0.2) is 8.42 Å². The number of carbonyl (C=O) groups is 2. The van der Waals surface area contributed by atoms with E-state index in [1.54, 1.807) is 68.4 Å². The predicted molar refractivity (Wildman–Crippen MR) is 157 cm³/mol. The number of likely N-dealkylation sites (N-methyl/N-ethyl adjacent to an activating group) is 1. The Bertz CT molecular complexity index is 1410. The van der Waals surface area contributed by atoms with E-state index in [0.717, 1.165) is 15.4 Å². The molecule has 0 saturated heterocycles. The fourth-order valence-electron chi connectivity index (χ4n) is 4.12. The van der Waals surface area contributed by atoms with Gasteiger partial charge in [-0.15, -0.1) is 0 Å². The Balaban J connectivity index is 2.07. The highest BCUT2D eigenvalue weighted by atomic mass is 35.5. The number of amides is 2. The quantitative estimate of drug-likeness (QED) is 0.308. The van der Waals surface area contributed by atoms with Crippen LogP contribution in [0.2, 0.25) is 10.0 Å². The lowest BCUT2D eigenvalue weighted by Gasteiger charge is -2.33. The largest absolute Gasteiger partial charge is 0.355 e. The van der Waals surface area contributed by atoms with E-state index in [1.165, 1.54) is 17.0 Å². The number of nitrogens with one attached hydrogen (secondary N) is 1. The van der Waals surface area contributed by atoms with Gasteiger partial charge in [-0.3, -0.25) is 13.9 Å². The standard InChI is InChI=1S/C29H33Cl2N3O4S/c1-5-27(29(36)32-6-2)33(18-22-11-12-23(30)17-26(22)31)28(35)19-34(24-13-7-20(3)8-14-24)39(37,38)25-15-9-21(4)10-16-25/h7-17,27H,5-6,18-19H2,1-4H3,(H,32,36)/t27-/m1/s1. The molecule has 0 aromatic heterocycles. The van der Waals surface area contributed by atoms with Crippen molar-refractivity contribution in [1.29, 1.82) is 0 Å². The Kier molecular flexibility index (Phi) is 10.4. The number of carbonyl (C=O) groups excluding carboxylic acids is 2. The van der Waals surface area contributed by atoms with Crippen molar-refractivity contribution in [3.63, 3.8) is 0 Å². The van der Waals surface area contributed by atoms with Crippen LogP contribution in [0.15, 0.2) is 71.6 Å². The highest BCUT2D eigenvalue weighted by molar-refractivity contribution is 7.92. The van der Waals surface area contributed by atoms with Gasteiger partial charge in [0.2, 0.25) is 11.8 Å². The van der Waals surface area contributed by atoms with Crippen LogP contribution in [0.3, 0.4) is 0 Å². The summed E-state index contributed by atoms with van der Waals surface area (Å²) in [6.45, 7) is 7.21. The zero-order valence-corrected chi connectivity index (χ0v) is 24.8. The second-order valence-corrected chi connectivity index (χ2v) is 11.9. The van der Waals surface area contributed by atoms with Gasteiger partial charge in [0.05, 0.1) is 10.6 Å². The Labute approximate surface area is 240 Å². The normalized spacial score (nSPS) is 12.1. The molecule has 7 nitrogen and oxygen atoms in total. The summed E-state index contributed by atoms with van der Waals surface area (Å²) in [5.41, 5.74) is 2.77. The number of hydrogen-bond donors (Lipinski definition) is 1. The number of benzene rings is 3. The predicted octanol–water partition coefficient (Wildman–Crippen LogP) is 5.75. The molecule has 1 N–H and O–H groups in total. The molecule has 208 valence electrons. The molecule has 39 heavy (non-hydrogen) atoms. The van der Waals surface area contributed by atoms with Crippen molar-refractivity contribution in [1.82, 2.24) is 10.2 Å². The molecule has 3 aromatic carbocycles. The van der Waals surface area contributed by atoms with E-state index < -0.39 is 28.5 Å². The molecule has 10 heteroatoms. The van der Waals surface area contributed by atoms with E-state index in [4.69, 9.17) is 23.2 Å². The van der Waals surface area contributed by atoms with Crippen molar-refractivity contribution < 1.29 is 18.0 Å². The van der Waals surface area contributed by atoms with Crippen LogP contribution < -0.4 is 9.62 Å². The van der Waals surface area contributed by atoms with Gasteiger partial charge >= 0.3 is 0 Å². The molecule has 0 aliphatic rings. The van der Waals surface area contributed by atoms with Crippen LogP contribution >= 0.6 is 23.2 Å². The molecule has 0 spiro atoms. The lowest BCUT2D eigenvalue weighted by molar-refractivity contribution is -0.140. The number of rotatable bonds is 11. The molecule has 0 heterocycles. The van der Waals surface area contributed by atoms with Crippen molar-refractivity contribution >= 4 is 50.7 Å². The van der Waals surface area contributed by atoms with Crippen molar-refractivity contribution in [2.24, 2.45) is 0 Å². The molecule has 1 atom stereocenters. The maximum absolute atomic E-state index is 14.0. The summed E-state index contributed by atoms with van der Waals surface area (Å²) in [7, 11) is -4.12. The van der Waals surface area contributed by atoms with Crippen LogP contribution in [0.1, 0.15) is 37.0 Å². The van der Waals surface area contributed by atoms with Crippen molar-refractivity contribution in [2.45, 2.75) is 51.6 Å². The fraction of sp³-hybridized carbons (Fsp3) is 0.310. The van der Waals surface area contributed by atoms with Crippen LogP contribution in [0, 0.1) is 13.8 Å². The highest BCUT2D eigenvalue weighted by Crippen LogP contribution is 2.27. The molecule has 0 bridgehead atoms. The van der Waals surface area contributed by atoms with Gasteiger partial charge in [-0.05, 0) is 69.2 Å². The Morgan fingerprint density at radius 1 is 0.897 bits per heavy atom. The van der Waals surface area contributed by atoms with Gasteiger partial charge in [0.1, 0.15) is 12.6 Å². The maximum atomic E-state index is 14.0. The monoisotopic (exact) mass is 589 g/mol. The van der Waals surface area contributed by atoms with E-state index in [1.807, 2.05) is 13.8 Å². The third-order valence-corrected chi connectivity index (χ3v) is 8.68. The Hall–Kier alpha value is -3.07. The van der Waals surface area contributed by atoms with Gasteiger partial charge in [-0.2, -0.15) is 0 Å². The van der Waals surface area contributed by atoms with Crippen molar-refractivity contribution in [2.75, 3.05) is 17.4 Å². The van der Waals surface area contributed by atoms with Crippen LogP contribution in [0.25, 0.3) is 0 Å². The molecular weight excluding hydrogens is 557 g/mol. The number of halogens is 2. The summed E-state index contributed by atoms with van der Waals surface area (Å²) < 4.78 is 28.8. The van der Waals surface area contributed by atoms with Gasteiger partial charge < -0.3 is 10.2 Å². The average Bonchev–Trinajstić information content (AvgIpc) is 2.89. The number of anilines is 1. The van der Waals surface area contributed by atoms with Crippen LogP contribution in [0.4, 0.5) is 5.69 Å². The summed E-state index contributed by atoms with van der Waals surface area (Å²) in [6.07, 6.45) is 0.317. The zero-order valence-electron chi connectivity index (χ0n) is 22.4. The molecular formula is C29H33Cl2N3O4S. The molecule has 0 aliphatic carbocycles.